The van der Waals surface area contributed by atoms with E-state index in [0.717, 1.165) is 24.8 Å². The number of rotatable bonds is 7. The summed E-state index contributed by atoms with van der Waals surface area (Å²) in [6.45, 7) is 4.73. The molecule has 3 aromatic rings. The summed E-state index contributed by atoms with van der Waals surface area (Å²) in [6, 6.07) is 11.4. The van der Waals surface area contributed by atoms with Gasteiger partial charge in [0.05, 0.1) is 18.4 Å². The second-order valence-electron chi connectivity index (χ2n) is 12.5. The Kier molecular flexibility index (Phi) is 7.06. The van der Waals surface area contributed by atoms with E-state index in [9.17, 15) is 18.0 Å². The predicted molar refractivity (Wildman–Crippen MR) is 159 cm³/mol. The number of hydrogen-bond acceptors (Lipinski definition) is 8. The Morgan fingerprint density at radius 3 is 2.52 bits per heavy atom. The molecule has 3 fully saturated rings. The lowest BCUT2D eigenvalue weighted by molar-refractivity contribution is -0.139. The number of amides is 1. The Labute approximate surface area is 254 Å². The molecule has 2 aromatic carbocycles. The highest BCUT2D eigenvalue weighted by Gasteiger charge is 2.46. The summed E-state index contributed by atoms with van der Waals surface area (Å²) in [6.07, 6.45) is 2.42. The lowest BCUT2D eigenvalue weighted by Crippen LogP contribution is -2.61. The highest BCUT2D eigenvalue weighted by molar-refractivity contribution is 6.00. The summed E-state index contributed by atoms with van der Waals surface area (Å²) < 4.78 is 53.1. The van der Waals surface area contributed by atoms with Crippen LogP contribution in [0, 0.1) is 5.41 Å². The fraction of sp³-hybridized carbons (Fsp3) is 0.469. The van der Waals surface area contributed by atoms with Gasteiger partial charge in [-0.05, 0) is 62.5 Å². The molecule has 1 N–H and O–H groups in total. The number of methoxy groups -OCH3 is 1. The van der Waals surface area contributed by atoms with Crippen LogP contribution in [0.1, 0.15) is 53.6 Å². The van der Waals surface area contributed by atoms with Gasteiger partial charge in [-0.2, -0.15) is 18.2 Å². The Bertz CT molecular complexity index is 1580. The van der Waals surface area contributed by atoms with Crippen molar-refractivity contribution in [2.24, 2.45) is 5.41 Å². The van der Waals surface area contributed by atoms with Gasteiger partial charge in [0.25, 0.3) is 5.91 Å². The van der Waals surface area contributed by atoms with Crippen LogP contribution in [-0.4, -0.2) is 72.1 Å². The van der Waals surface area contributed by atoms with E-state index in [1.54, 1.807) is 26.3 Å². The third-order valence-electron chi connectivity index (χ3n) is 9.65. The van der Waals surface area contributed by atoms with Crippen molar-refractivity contribution in [3.63, 3.8) is 0 Å². The first-order valence-corrected chi connectivity index (χ1v) is 15.1. The smallest absolute Gasteiger partial charge is 0.423 e. The van der Waals surface area contributed by atoms with Crippen molar-refractivity contribution in [2.75, 3.05) is 50.6 Å². The zero-order chi connectivity index (χ0) is 30.6. The summed E-state index contributed by atoms with van der Waals surface area (Å²) in [5, 5.41) is 2.99. The third kappa shape index (κ3) is 5.18. The van der Waals surface area contributed by atoms with E-state index in [0.29, 0.717) is 35.2 Å². The summed E-state index contributed by atoms with van der Waals surface area (Å²) in [5.41, 5.74) is 1.66. The van der Waals surface area contributed by atoms with Crippen molar-refractivity contribution in [2.45, 2.75) is 50.9 Å². The number of piperidine rings is 1. The molecule has 12 heteroatoms. The standard InChI is InChI=1S/C32H35F3N6O3/c1-39-17-20-5-3-8-25(27(20)29(39)42)44-28-23(32(33,34)35)16-36-30(38-28)37-24-10-9-22(15-26(24)43-2)41-18-31(19-41)11-13-40(14-12-31)21-6-4-7-21/h3,5,8-10,15-16,21H,4,6-7,11-14,17-19H2,1-2H3,(H,36,37,38). The van der Waals surface area contributed by atoms with Crippen molar-refractivity contribution in [1.29, 1.82) is 0 Å². The Hall–Kier alpha value is -4.06. The summed E-state index contributed by atoms with van der Waals surface area (Å²) >= 11 is 0. The number of anilines is 3. The van der Waals surface area contributed by atoms with Gasteiger partial charge in [0.1, 0.15) is 17.1 Å². The SMILES string of the molecule is COc1cc(N2CC3(CCN(C4CCC4)CC3)C2)ccc1Nc1ncc(C(F)(F)F)c(Oc2cccc3c2C(=O)N(C)C3)n1. The molecule has 0 radical (unpaired) electrons. The molecule has 44 heavy (non-hydrogen) atoms. The van der Waals surface area contributed by atoms with E-state index in [-0.39, 0.29) is 23.2 Å². The second kappa shape index (κ2) is 10.8. The van der Waals surface area contributed by atoms with E-state index >= 15 is 0 Å². The molecular weight excluding hydrogens is 573 g/mol. The van der Waals surface area contributed by atoms with Crippen LogP contribution in [0.25, 0.3) is 0 Å². The normalized spacial score (nSPS) is 19.9. The van der Waals surface area contributed by atoms with E-state index < -0.39 is 17.6 Å². The van der Waals surface area contributed by atoms with Crippen LogP contribution >= 0.6 is 0 Å². The Morgan fingerprint density at radius 1 is 1.07 bits per heavy atom. The van der Waals surface area contributed by atoms with Crippen molar-refractivity contribution in [3.8, 4) is 17.4 Å². The van der Waals surface area contributed by atoms with E-state index in [2.05, 4.69) is 25.1 Å². The molecule has 4 aliphatic rings. The number of ether oxygens (including phenoxy) is 2. The summed E-state index contributed by atoms with van der Waals surface area (Å²) in [5.74, 6) is -0.598. The molecule has 2 saturated heterocycles. The molecule has 3 aliphatic heterocycles. The van der Waals surface area contributed by atoms with Crippen LogP contribution in [0.4, 0.5) is 30.5 Å². The first kappa shape index (κ1) is 28.7. The molecule has 0 unspecified atom stereocenters. The van der Waals surface area contributed by atoms with Crippen molar-refractivity contribution in [1.82, 2.24) is 19.8 Å². The predicted octanol–water partition coefficient (Wildman–Crippen LogP) is 6.08. The number of aromatic nitrogens is 2. The minimum atomic E-state index is -4.77. The molecule has 9 nitrogen and oxygen atoms in total. The average molecular weight is 609 g/mol. The van der Waals surface area contributed by atoms with Crippen LogP contribution < -0.4 is 19.7 Å². The molecule has 7 rings (SSSR count). The maximum Gasteiger partial charge on any atom is 0.423 e. The van der Waals surface area contributed by atoms with Gasteiger partial charge in [0.15, 0.2) is 0 Å². The highest BCUT2D eigenvalue weighted by Crippen LogP contribution is 2.46. The first-order chi connectivity index (χ1) is 21.1. The zero-order valence-corrected chi connectivity index (χ0v) is 24.8. The minimum Gasteiger partial charge on any atom is -0.494 e. The number of benzene rings is 2. The quantitative estimate of drug-likeness (QED) is 0.346. The number of carbonyl (C=O) groups excluding carboxylic acids is 1. The van der Waals surface area contributed by atoms with Crippen LogP contribution in [-0.2, 0) is 12.7 Å². The van der Waals surface area contributed by atoms with Gasteiger partial charge >= 0.3 is 6.18 Å². The molecule has 1 saturated carbocycles. The molecule has 0 bridgehead atoms. The fourth-order valence-electron chi connectivity index (χ4n) is 6.84. The summed E-state index contributed by atoms with van der Waals surface area (Å²) in [7, 11) is 3.17. The molecule has 1 aliphatic carbocycles. The van der Waals surface area contributed by atoms with Gasteiger partial charge < -0.3 is 29.5 Å². The van der Waals surface area contributed by atoms with Gasteiger partial charge in [-0.1, -0.05) is 18.6 Å². The van der Waals surface area contributed by atoms with Crippen molar-refractivity contribution < 1.29 is 27.4 Å². The largest absolute Gasteiger partial charge is 0.494 e. The molecule has 1 aromatic heterocycles. The van der Waals surface area contributed by atoms with E-state index in [1.807, 2.05) is 18.2 Å². The number of carbonyl (C=O) groups is 1. The van der Waals surface area contributed by atoms with E-state index in [1.165, 1.54) is 56.2 Å². The number of fused-ring (bicyclic) bond motifs is 1. The number of likely N-dealkylation sites (tertiary alicyclic amines) is 1. The Balaban J connectivity index is 1.08. The van der Waals surface area contributed by atoms with Gasteiger partial charge in [-0.15, -0.1) is 0 Å². The molecule has 1 amide bonds. The maximum absolute atomic E-state index is 13.9. The van der Waals surface area contributed by atoms with Crippen LogP contribution in [0.15, 0.2) is 42.6 Å². The number of halogens is 3. The minimum absolute atomic E-state index is 0.00923. The van der Waals surface area contributed by atoms with Crippen molar-refractivity contribution in [3.05, 3.63) is 59.3 Å². The van der Waals surface area contributed by atoms with Gasteiger partial charge in [-0.25, -0.2) is 4.98 Å². The molecule has 232 valence electrons. The van der Waals surface area contributed by atoms with Gasteiger partial charge in [0.2, 0.25) is 11.8 Å². The monoisotopic (exact) mass is 608 g/mol. The second-order valence-corrected chi connectivity index (χ2v) is 12.5. The van der Waals surface area contributed by atoms with Gasteiger partial charge in [-0.3, -0.25) is 4.79 Å². The molecule has 0 atom stereocenters. The number of alkyl halides is 3. The van der Waals surface area contributed by atoms with Crippen LogP contribution in [0.3, 0.4) is 0 Å². The highest BCUT2D eigenvalue weighted by atomic mass is 19.4. The topological polar surface area (TPSA) is 83.1 Å². The molecular formula is C32H35F3N6O3. The van der Waals surface area contributed by atoms with E-state index in [4.69, 9.17) is 9.47 Å². The molecule has 4 heterocycles. The molecule has 1 spiro atoms. The third-order valence-corrected chi connectivity index (χ3v) is 9.65. The maximum atomic E-state index is 13.9. The number of nitrogens with one attached hydrogen (secondary N) is 1. The summed E-state index contributed by atoms with van der Waals surface area (Å²) in [4.78, 5) is 27.2. The van der Waals surface area contributed by atoms with Gasteiger partial charge in [0, 0.05) is 56.1 Å². The van der Waals surface area contributed by atoms with Crippen molar-refractivity contribution >= 4 is 23.2 Å². The Morgan fingerprint density at radius 2 is 1.84 bits per heavy atom. The zero-order valence-electron chi connectivity index (χ0n) is 24.8. The van der Waals surface area contributed by atoms with Crippen LogP contribution in [0.5, 0.6) is 17.4 Å². The number of hydrogen-bond donors (Lipinski definition) is 1. The number of nitrogens with zero attached hydrogens (tertiary/aromatic N) is 5. The van der Waals surface area contributed by atoms with Crippen LogP contribution in [0.2, 0.25) is 0 Å². The lowest BCUT2D eigenvalue weighted by Gasteiger charge is -2.56. The first-order valence-electron chi connectivity index (χ1n) is 15.1. The lowest BCUT2D eigenvalue weighted by atomic mass is 9.71. The fourth-order valence-corrected chi connectivity index (χ4v) is 6.84. The average Bonchev–Trinajstić information content (AvgIpc) is 3.25.